The second-order valence-electron chi connectivity index (χ2n) is 7.24. The molecule has 6 nitrogen and oxygen atoms in total. The van der Waals surface area contributed by atoms with E-state index in [2.05, 4.69) is 0 Å². The van der Waals surface area contributed by atoms with Gasteiger partial charge in [-0.05, 0) is 62.5 Å². The van der Waals surface area contributed by atoms with Crippen molar-refractivity contribution in [3.05, 3.63) is 24.3 Å². The number of hydrogen-bond acceptors (Lipinski definition) is 6. The molecule has 6 atom stereocenters. The number of rotatable bonds is 6. The zero-order valence-electron chi connectivity index (χ0n) is 14.3. The Morgan fingerprint density at radius 1 is 0.680 bits per heavy atom. The third kappa shape index (κ3) is 6.47. The van der Waals surface area contributed by atoms with E-state index in [-0.39, 0.29) is 29.8 Å². The highest BCUT2D eigenvalue weighted by Crippen LogP contribution is 2.26. The van der Waals surface area contributed by atoms with E-state index in [1.165, 1.54) is 12.2 Å². The summed E-state index contributed by atoms with van der Waals surface area (Å²) in [6.07, 6.45) is 6.41. The molecule has 6 unspecified atom stereocenters. The Morgan fingerprint density at radius 3 is 1.44 bits per heavy atom. The first-order chi connectivity index (χ1) is 11.8. The van der Waals surface area contributed by atoms with Gasteiger partial charge in [-0.1, -0.05) is 12.2 Å². The van der Waals surface area contributed by atoms with Crippen LogP contribution in [0.25, 0.3) is 0 Å². The molecule has 140 valence electrons. The van der Waals surface area contributed by atoms with Gasteiger partial charge in [-0.3, -0.25) is 9.59 Å². The fourth-order valence-electron chi connectivity index (χ4n) is 3.45. The second-order valence-corrected chi connectivity index (χ2v) is 7.24. The van der Waals surface area contributed by atoms with Crippen molar-refractivity contribution in [1.29, 1.82) is 0 Å². The number of aliphatic hydroxyl groups is 4. The maximum atomic E-state index is 11.9. The van der Waals surface area contributed by atoms with Gasteiger partial charge in [0, 0.05) is 0 Å². The van der Waals surface area contributed by atoms with Gasteiger partial charge < -0.3 is 20.4 Å². The van der Waals surface area contributed by atoms with Gasteiger partial charge in [0.15, 0.2) is 11.6 Å². The number of ketones is 2. The fraction of sp³-hybridized carbons (Fsp3) is 0.684. The Balaban J connectivity index is 1.73. The summed E-state index contributed by atoms with van der Waals surface area (Å²) < 4.78 is 0. The van der Waals surface area contributed by atoms with Crippen molar-refractivity contribution in [2.75, 3.05) is 0 Å². The van der Waals surface area contributed by atoms with E-state index in [9.17, 15) is 30.0 Å². The Morgan fingerprint density at radius 2 is 1.08 bits per heavy atom. The van der Waals surface area contributed by atoms with Crippen molar-refractivity contribution in [3.8, 4) is 0 Å². The average molecular weight is 352 g/mol. The van der Waals surface area contributed by atoms with Crippen LogP contribution in [-0.2, 0) is 9.59 Å². The highest BCUT2D eigenvalue weighted by molar-refractivity contribution is 6.08. The molecule has 6 heteroatoms. The van der Waals surface area contributed by atoms with E-state index in [1.807, 2.05) is 0 Å². The molecular weight excluding hydrogens is 324 g/mol. The summed E-state index contributed by atoms with van der Waals surface area (Å²) in [5, 5.41) is 38.2. The van der Waals surface area contributed by atoms with Crippen molar-refractivity contribution in [3.63, 3.8) is 0 Å². The molecule has 2 fully saturated rings. The first-order valence-corrected chi connectivity index (χ1v) is 8.99. The van der Waals surface area contributed by atoms with Gasteiger partial charge in [0.05, 0.1) is 30.8 Å². The summed E-state index contributed by atoms with van der Waals surface area (Å²) in [6, 6.07) is 0. The molecule has 2 rings (SSSR count). The average Bonchev–Trinajstić information content (AvgIpc) is 2.57. The Kier molecular flexibility index (Phi) is 7.50. The largest absolute Gasteiger partial charge is 0.390 e. The molecule has 0 heterocycles. The van der Waals surface area contributed by atoms with Gasteiger partial charge in [0.25, 0.3) is 0 Å². The molecule has 0 saturated heterocycles. The lowest BCUT2D eigenvalue weighted by Crippen LogP contribution is -2.33. The van der Waals surface area contributed by atoms with Gasteiger partial charge in [0.2, 0.25) is 0 Å². The number of carbonyl (C=O) groups excluding carboxylic acids is 2. The molecule has 0 spiro atoms. The van der Waals surface area contributed by atoms with Gasteiger partial charge in [0.1, 0.15) is 0 Å². The van der Waals surface area contributed by atoms with E-state index < -0.39 is 24.4 Å². The van der Waals surface area contributed by atoms with Crippen molar-refractivity contribution in [2.45, 2.75) is 69.4 Å². The lowest BCUT2D eigenvalue weighted by molar-refractivity contribution is -0.122. The minimum atomic E-state index is -0.757. The SMILES string of the molecule is O=C(/C=C/C1CCC(O)C(O)C1)CC(=O)/C=C/C1CCC(O)C(O)C1. The molecule has 0 bridgehead atoms. The Hall–Kier alpha value is -1.34. The quantitative estimate of drug-likeness (QED) is 0.413. The highest BCUT2D eigenvalue weighted by atomic mass is 16.3. The van der Waals surface area contributed by atoms with Crippen LogP contribution in [0, 0.1) is 11.8 Å². The van der Waals surface area contributed by atoms with Crippen molar-refractivity contribution in [1.82, 2.24) is 0 Å². The van der Waals surface area contributed by atoms with E-state index in [0.29, 0.717) is 38.5 Å². The highest BCUT2D eigenvalue weighted by Gasteiger charge is 2.27. The van der Waals surface area contributed by atoms with Gasteiger partial charge >= 0.3 is 0 Å². The predicted octanol–water partition coefficient (Wildman–Crippen LogP) is 0.671. The summed E-state index contributed by atoms with van der Waals surface area (Å²) >= 11 is 0. The van der Waals surface area contributed by atoms with Crippen molar-refractivity contribution in [2.24, 2.45) is 11.8 Å². The lowest BCUT2D eigenvalue weighted by atomic mass is 9.85. The maximum Gasteiger partial charge on any atom is 0.163 e. The van der Waals surface area contributed by atoms with Crippen molar-refractivity contribution >= 4 is 11.6 Å². The van der Waals surface area contributed by atoms with E-state index in [0.717, 1.165) is 0 Å². The zero-order chi connectivity index (χ0) is 18.4. The number of allylic oxidation sites excluding steroid dienone is 4. The van der Waals surface area contributed by atoms with Crippen LogP contribution in [0.15, 0.2) is 24.3 Å². The van der Waals surface area contributed by atoms with Crippen LogP contribution < -0.4 is 0 Å². The molecule has 2 aliphatic rings. The summed E-state index contributed by atoms with van der Waals surface area (Å²) in [7, 11) is 0. The minimum absolute atomic E-state index is 0.0446. The van der Waals surface area contributed by atoms with Gasteiger partial charge in [-0.25, -0.2) is 0 Å². The molecule has 2 saturated carbocycles. The minimum Gasteiger partial charge on any atom is -0.390 e. The van der Waals surface area contributed by atoms with E-state index in [4.69, 9.17) is 0 Å². The summed E-state index contributed by atoms with van der Waals surface area (Å²) in [4.78, 5) is 23.7. The first-order valence-electron chi connectivity index (χ1n) is 8.99. The normalized spacial score (nSPS) is 36.8. The summed E-state index contributed by atoms with van der Waals surface area (Å²) in [5.74, 6) is -0.477. The van der Waals surface area contributed by atoms with E-state index >= 15 is 0 Å². The molecule has 0 aliphatic heterocycles. The monoisotopic (exact) mass is 352 g/mol. The number of carbonyl (C=O) groups is 2. The van der Waals surface area contributed by atoms with Crippen LogP contribution in [0.4, 0.5) is 0 Å². The Labute approximate surface area is 147 Å². The topological polar surface area (TPSA) is 115 Å². The molecule has 0 aromatic carbocycles. The molecule has 0 aromatic rings. The molecule has 25 heavy (non-hydrogen) atoms. The number of hydrogen-bond donors (Lipinski definition) is 4. The molecule has 0 aromatic heterocycles. The zero-order valence-corrected chi connectivity index (χ0v) is 14.3. The van der Waals surface area contributed by atoms with Crippen LogP contribution in [0.5, 0.6) is 0 Å². The third-order valence-electron chi connectivity index (χ3n) is 5.10. The van der Waals surface area contributed by atoms with E-state index in [1.54, 1.807) is 12.2 Å². The molecular formula is C19H28O6. The second kappa shape index (κ2) is 9.38. The first kappa shape index (κ1) is 20.0. The number of aliphatic hydroxyl groups excluding tert-OH is 4. The summed E-state index contributed by atoms with van der Waals surface area (Å²) in [6.45, 7) is 0. The van der Waals surface area contributed by atoms with Crippen molar-refractivity contribution < 1.29 is 30.0 Å². The predicted molar refractivity (Wildman–Crippen MR) is 91.6 cm³/mol. The maximum absolute atomic E-state index is 11.9. The van der Waals surface area contributed by atoms with Crippen LogP contribution >= 0.6 is 0 Å². The van der Waals surface area contributed by atoms with Crippen LogP contribution in [0.2, 0.25) is 0 Å². The Bertz CT molecular complexity index is 480. The van der Waals surface area contributed by atoms with Gasteiger partial charge in [-0.15, -0.1) is 0 Å². The molecule has 0 amide bonds. The fourth-order valence-corrected chi connectivity index (χ4v) is 3.45. The van der Waals surface area contributed by atoms with Crippen LogP contribution in [-0.4, -0.2) is 56.4 Å². The van der Waals surface area contributed by atoms with Crippen LogP contribution in [0.3, 0.4) is 0 Å². The third-order valence-corrected chi connectivity index (χ3v) is 5.10. The van der Waals surface area contributed by atoms with Gasteiger partial charge in [-0.2, -0.15) is 0 Å². The van der Waals surface area contributed by atoms with Crippen LogP contribution in [0.1, 0.15) is 44.9 Å². The molecule has 0 radical (unpaired) electrons. The lowest BCUT2D eigenvalue weighted by Gasteiger charge is -2.28. The smallest absolute Gasteiger partial charge is 0.163 e. The standard InChI is InChI=1S/C19H28O6/c20-14(5-1-12-3-7-16(22)18(24)9-12)11-15(21)6-2-13-4-8-17(23)19(25)10-13/h1-2,5-6,12-13,16-19,22-25H,3-4,7-11H2/b5-1+,6-2+. The summed E-state index contributed by atoms with van der Waals surface area (Å²) in [5.41, 5.74) is 0. The molecule has 4 N–H and O–H groups in total. The molecule has 2 aliphatic carbocycles.